The maximum atomic E-state index is 14.7. The molecule has 6 nitrogen and oxygen atoms in total. The van der Waals surface area contributed by atoms with E-state index in [2.05, 4.69) is 25.6 Å². The second kappa shape index (κ2) is 7.80. The van der Waals surface area contributed by atoms with Gasteiger partial charge in [0.1, 0.15) is 17.6 Å². The van der Waals surface area contributed by atoms with Crippen molar-refractivity contribution in [3.8, 4) is 0 Å². The molecule has 1 aliphatic heterocycles. The first-order chi connectivity index (χ1) is 11.7. The van der Waals surface area contributed by atoms with Crippen molar-refractivity contribution in [2.75, 3.05) is 36.6 Å². The highest BCUT2D eigenvalue weighted by atomic mass is 32.2. The minimum atomic E-state index is -0.434. The standard InChI is InChI=1S/C15H18FN5OS2/c1-22-15(23)18-14(12-9-17-20-19-12)10-2-3-13(11(16)8-10)21-4-6-24-7-5-21/h2-3,8-9,14H,4-7H2,1H3,(H,18,23)(H,17,19,20). The molecule has 1 saturated heterocycles. The Morgan fingerprint density at radius 1 is 1.46 bits per heavy atom. The molecule has 2 aromatic rings. The van der Waals surface area contributed by atoms with E-state index in [1.807, 2.05) is 23.9 Å². The third-order valence-corrected chi connectivity index (χ3v) is 5.06. The van der Waals surface area contributed by atoms with Crippen molar-refractivity contribution in [3.05, 3.63) is 41.5 Å². The van der Waals surface area contributed by atoms with Crippen LogP contribution in [0.5, 0.6) is 0 Å². The molecule has 1 aliphatic rings. The Labute approximate surface area is 149 Å². The number of thioether (sulfide) groups is 1. The SMILES string of the molecule is COC(=S)NC(c1ccc(N2CCSCC2)c(F)c1)c1c[nH]nn1. The van der Waals surface area contributed by atoms with Crippen LogP contribution in [0.2, 0.25) is 0 Å². The highest BCUT2D eigenvalue weighted by molar-refractivity contribution is 7.99. The summed E-state index contributed by atoms with van der Waals surface area (Å²) in [6.07, 6.45) is 1.64. The van der Waals surface area contributed by atoms with Crippen LogP contribution in [0.4, 0.5) is 10.1 Å². The fourth-order valence-corrected chi connectivity index (χ4v) is 3.64. The number of thiocarbonyl (C=S) groups is 1. The molecule has 0 aliphatic carbocycles. The molecule has 128 valence electrons. The van der Waals surface area contributed by atoms with E-state index in [1.165, 1.54) is 13.2 Å². The van der Waals surface area contributed by atoms with Crippen LogP contribution < -0.4 is 10.2 Å². The molecule has 0 amide bonds. The van der Waals surface area contributed by atoms with E-state index in [0.29, 0.717) is 16.9 Å². The Morgan fingerprint density at radius 3 is 2.88 bits per heavy atom. The molecule has 1 aromatic carbocycles. The zero-order valence-corrected chi connectivity index (χ0v) is 14.8. The number of aromatic amines is 1. The Balaban J connectivity index is 1.87. The third kappa shape index (κ3) is 3.78. The van der Waals surface area contributed by atoms with E-state index in [1.54, 1.807) is 6.20 Å². The number of H-pyrrole nitrogens is 1. The number of methoxy groups -OCH3 is 1. The smallest absolute Gasteiger partial charge is 0.257 e. The summed E-state index contributed by atoms with van der Waals surface area (Å²) in [5, 5.41) is 13.6. The molecular formula is C15H18FN5OS2. The summed E-state index contributed by atoms with van der Waals surface area (Å²) < 4.78 is 19.7. The predicted octanol–water partition coefficient (Wildman–Crippen LogP) is 2.11. The highest BCUT2D eigenvalue weighted by Crippen LogP contribution is 2.28. The first-order valence-corrected chi connectivity index (χ1v) is 9.08. The Hall–Kier alpha value is -1.87. The van der Waals surface area contributed by atoms with Gasteiger partial charge in [0.05, 0.1) is 12.8 Å². The summed E-state index contributed by atoms with van der Waals surface area (Å²) >= 11 is 6.96. The molecule has 1 aromatic heterocycles. The number of nitrogens with one attached hydrogen (secondary N) is 2. The number of rotatable bonds is 4. The Bertz CT molecular complexity index is 691. The van der Waals surface area contributed by atoms with Crippen LogP contribution in [0, 0.1) is 5.82 Å². The van der Waals surface area contributed by atoms with Gasteiger partial charge in [0.2, 0.25) is 0 Å². The van der Waals surface area contributed by atoms with Gasteiger partial charge in [-0.05, 0) is 29.9 Å². The number of nitrogens with zero attached hydrogens (tertiary/aromatic N) is 3. The molecule has 0 radical (unpaired) electrons. The van der Waals surface area contributed by atoms with Gasteiger partial charge in [0.25, 0.3) is 5.17 Å². The lowest BCUT2D eigenvalue weighted by Crippen LogP contribution is -2.33. The van der Waals surface area contributed by atoms with Gasteiger partial charge in [-0.25, -0.2) is 4.39 Å². The van der Waals surface area contributed by atoms with Gasteiger partial charge < -0.3 is 15.0 Å². The lowest BCUT2D eigenvalue weighted by molar-refractivity contribution is 0.387. The average Bonchev–Trinajstić information content (AvgIpc) is 3.14. The summed E-state index contributed by atoms with van der Waals surface area (Å²) in [6.45, 7) is 1.72. The first kappa shape index (κ1) is 17.0. The van der Waals surface area contributed by atoms with E-state index in [4.69, 9.17) is 17.0 Å². The van der Waals surface area contributed by atoms with E-state index < -0.39 is 6.04 Å². The van der Waals surface area contributed by atoms with E-state index in [9.17, 15) is 4.39 Å². The fourth-order valence-electron chi connectivity index (χ4n) is 2.62. The van der Waals surface area contributed by atoms with Crippen LogP contribution in [-0.2, 0) is 4.74 Å². The molecule has 9 heteroatoms. The molecule has 1 unspecified atom stereocenters. The predicted molar refractivity (Wildman–Crippen MR) is 96.9 cm³/mol. The molecule has 3 rings (SSSR count). The number of halogens is 1. The van der Waals surface area contributed by atoms with Crippen LogP contribution in [0.3, 0.4) is 0 Å². The summed E-state index contributed by atoms with van der Waals surface area (Å²) in [6, 6.07) is 4.77. The lowest BCUT2D eigenvalue weighted by atomic mass is 10.0. The number of aromatic nitrogens is 3. The van der Waals surface area contributed by atoms with Crippen molar-refractivity contribution in [3.63, 3.8) is 0 Å². The van der Waals surface area contributed by atoms with Gasteiger partial charge in [-0.15, -0.1) is 5.10 Å². The average molecular weight is 367 g/mol. The van der Waals surface area contributed by atoms with Crippen molar-refractivity contribution in [2.45, 2.75) is 6.04 Å². The van der Waals surface area contributed by atoms with Crippen molar-refractivity contribution in [2.24, 2.45) is 0 Å². The molecule has 1 atom stereocenters. The van der Waals surface area contributed by atoms with Crippen molar-refractivity contribution >= 4 is 34.8 Å². The van der Waals surface area contributed by atoms with E-state index >= 15 is 0 Å². The second-order valence-electron chi connectivity index (χ2n) is 5.28. The summed E-state index contributed by atoms with van der Waals surface area (Å²) in [7, 11) is 1.48. The second-order valence-corrected chi connectivity index (χ2v) is 6.87. The number of anilines is 1. The summed E-state index contributed by atoms with van der Waals surface area (Å²) in [5.41, 5.74) is 1.94. The van der Waals surface area contributed by atoms with E-state index in [-0.39, 0.29) is 11.0 Å². The van der Waals surface area contributed by atoms with Crippen LogP contribution in [-0.4, -0.2) is 52.3 Å². The summed E-state index contributed by atoms with van der Waals surface area (Å²) in [5.74, 6) is 1.79. The van der Waals surface area contributed by atoms with E-state index in [0.717, 1.165) is 24.6 Å². The van der Waals surface area contributed by atoms with Gasteiger partial charge in [0, 0.05) is 30.8 Å². The monoisotopic (exact) mass is 367 g/mol. The van der Waals surface area contributed by atoms with Gasteiger partial charge >= 0.3 is 0 Å². The zero-order chi connectivity index (χ0) is 16.9. The fraction of sp³-hybridized carbons (Fsp3) is 0.400. The molecule has 0 saturated carbocycles. The highest BCUT2D eigenvalue weighted by Gasteiger charge is 2.21. The third-order valence-electron chi connectivity index (χ3n) is 3.84. The maximum Gasteiger partial charge on any atom is 0.257 e. The molecular weight excluding hydrogens is 349 g/mol. The Kier molecular flexibility index (Phi) is 5.52. The molecule has 0 spiro atoms. The number of hydrogen-bond donors (Lipinski definition) is 2. The summed E-state index contributed by atoms with van der Waals surface area (Å²) in [4.78, 5) is 2.08. The van der Waals surface area contributed by atoms with Crippen molar-refractivity contribution < 1.29 is 9.13 Å². The number of ether oxygens (including phenoxy) is 1. The normalized spacial score (nSPS) is 15.8. The maximum absolute atomic E-state index is 14.7. The first-order valence-electron chi connectivity index (χ1n) is 7.52. The molecule has 2 N–H and O–H groups in total. The quantitative estimate of drug-likeness (QED) is 0.802. The van der Waals surface area contributed by atoms with Crippen molar-refractivity contribution in [1.82, 2.24) is 20.7 Å². The minimum absolute atomic E-state index is 0.209. The Morgan fingerprint density at radius 2 is 2.25 bits per heavy atom. The molecule has 0 bridgehead atoms. The van der Waals surface area contributed by atoms with Gasteiger partial charge in [-0.2, -0.15) is 11.8 Å². The largest absolute Gasteiger partial charge is 0.474 e. The molecule has 2 heterocycles. The van der Waals surface area contributed by atoms with Gasteiger partial charge in [-0.3, -0.25) is 5.10 Å². The molecule has 24 heavy (non-hydrogen) atoms. The van der Waals surface area contributed by atoms with Gasteiger partial charge in [0.15, 0.2) is 0 Å². The number of hydrogen-bond acceptors (Lipinski definition) is 6. The van der Waals surface area contributed by atoms with Crippen LogP contribution >= 0.6 is 24.0 Å². The zero-order valence-electron chi connectivity index (χ0n) is 13.2. The van der Waals surface area contributed by atoms with Crippen molar-refractivity contribution in [1.29, 1.82) is 0 Å². The molecule has 1 fully saturated rings. The van der Waals surface area contributed by atoms with Crippen LogP contribution in [0.1, 0.15) is 17.3 Å². The topological polar surface area (TPSA) is 66.1 Å². The van der Waals surface area contributed by atoms with Crippen LogP contribution in [0.15, 0.2) is 24.4 Å². The number of benzene rings is 1. The minimum Gasteiger partial charge on any atom is -0.474 e. The lowest BCUT2D eigenvalue weighted by Gasteiger charge is -2.29. The van der Waals surface area contributed by atoms with Gasteiger partial charge in [-0.1, -0.05) is 11.3 Å². The van der Waals surface area contributed by atoms with Crippen LogP contribution in [0.25, 0.3) is 0 Å².